The van der Waals surface area contributed by atoms with E-state index in [1.54, 1.807) is 12.1 Å². The van der Waals surface area contributed by atoms with E-state index in [4.69, 9.17) is 0 Å². The Hall–Kier alpha value is -2.88. The maximum absolute atomic E-state index is 9.31. The van der Waals surface area contributed by atoms with Crippen molar-refractivity contribution in [3.05, 3.63) is 91.0 Å². The zero-order chi connectivity index (χ0) is 17.2. The summed E-state index contributed by atoms with van der Waals surface area (Å²) in [4.78, 5) is 0. The molecule has 0 fully saturated rings. The highest BCUT2D eigenvalue weighted by atomic mass is 16.4. The largest absolute Gasteiger partial charge is 0.488 e. The minimum Gasteiger partial charge on any atom is -0.423 e. The highest BCUT2D eigenvalue weighted by Crippen LogP contribution is 2.37. The first-order chi connectivity index (χ1) is 12.2. The Labute approximate surface area is 147 Å². The molecular formula is C22H17BO2. The van der Waals surface area contributed by atoms with Crippen molar-refractivity contribution in [3.63, 3.8) is 0 Å². The molecular weight excluding hydrogens is 307 g/mol. The third-order valence-electron chi connectivity index (χ3n) is 4.51. The van der Waals surface area contributed by atoms with Crippen LogP contribution in [0.15, 0.2) is 91.0 Å². The molecule has 0 amide bonds. The van der Waals surface area contributed by atoms with Gasteiger partial charge < -0.3 is 10.0 Å². The van der Waals surface area contributed by atoms with Crippen molar-refractivity contribution in [2.75, 3.05) is 0 Å². The SMILES string of the molecule is OB(O)c1ccc(-c2ccc3ccccc3c2-c2ccccc2)cc1. The molecule has 2 N–H and O–H groups in total. The van der Waals surface area contributed by atoms with Gasteiger partial charge in [-0.2, -0.15) is 0 Å². The van der Waals surface area contributed by atoms with E-state index in [0.717, 1.165) is 11.1 Å². The Bertz CT molecular complexity index is 1010. The lowest BCUT2D eigenvalue weighted by Crippen LogP contribution is -2.29. The molecule has 2 nitrogen and oxygen atoms in total. The lowest BCUT2D eigenvalue weighted by Gasteiger charge is -2.14. The molecule has 4 rings (SSSR count). The molecule has 25 heavy (non-hydrogen) atoms. The summed E-state index contributed by atoms with van der Waals surface area (Å²) < 4.78 is 0. The van der Waals surface area contributed by atoms with Crippen molar-refractivity contribution in [2.24, 2.45) is 0 Å². The smallest absolute Gasteiger partial charge is 0.423 e. The third-order valence-corrected chi connectivity index (χ3v) is 4.51. The van der Waals surface area contributed by atoms with E-state index in [2.05, 4.69) is 42.5 Å². The maximum Gasteiger partial charge on any atom is 0.488 e. The van der Waals surface area contributed by atoms with Crippen molar-refractivity contribution in [3.8, 4) is 22.3 Å². The first-order valence-electron chi connectivity index (χ1n) is 8.28. The zero-order valence-electron chi connectivity index (χ0n) is 13.6. The van der Waals surface area contributed by atoms with Crippen molar-refractivity contribution in [2.45, 2.75) is 0 Å². The van der Waals surface area contributed by atoms with Crippen LogP contribution in [0.4, 0.5) is 0 Å². The average Bonchev–Trinajstić information content (AvgIpc) is 2.68. The Morgan fingerprint density at radius 3 is 1.96 bits per heavy atom. The average molecular weight is 324 g/mol. The van der Waals surface area contributed by atoms with Crippen LogP contribution in [0.3, 0.4) is 0 Å². The molecule has 3 heteroatoms. The van der Waals surface area contributed by atoms with Gasteiger partial charge in [-0.1, -0.05) is 91.0 Å². The number of benzene rings is 4. The summed E-state index contributed by atoms with van der Waals surface area (Å²) in [6.45, 7) is 0. The van der Waals surface area contributed by atoms with Crippen LogP contribution < -0.4 is 5.46 Å². The van der Waals surface area contributed by atoms with Gasteiger partial charge >= 0.3 is 7.12 Å². The van der Waals surface area contributed by atoms with Gasteiger partial charge in [0, 0.05) is 0 Å². The predicted molar refractivity (Wildman–Crippen MR) is 105 cm³/mol. The first-order valence-corrected chi connectivity index (χ1v) is 8.28. The van der Waals surface area contributed by atoms with E-state index in [9.17, 15) is 10.0 Å². The van der Waals surface area contributed by atoms with Crippen LogP contribution in [0, 0.1) is 0 Å². The molecule has 0 heterocycles. The van der Waals surface area contributed by atoms with Crippen molar-refractivity contribution >= 4 is 23.4 Å². The van der Waals surface area contributed by atoms with Gasteiger partial charge in [0.2, 0.25) is 0 Å². The van der Waals surface area contributed by atoms with Gasteiger partial charge in [-0.15, -0.1) is 0 Å². The van der Waals surface area contributed by atoms with Crippen LogP contribution in [0.5, 0.6) is 0 Å². The fourth-order valence-electron chi connectivity index (χ4n) is 3.26. The van der Waals surface area contributed by atoms with Gasteiger partial charge in [-0.25, -0.2) is 0 Å². The van der Waals surface area contributed by atoms with Gasteiger partial charge in [-0.3, -0.25) is 0 Å². The quantitative estimate of drug-likeness (QED) is 0.562. The second-order valence-corrected chi connectivity index (χ2v) is 6.07. The molecule has 0 radical (unpaired) electrons. The van der Waals surface area contributed by atoms with Gasteiger partial charge in [0.25, 0.3) is 0 Å². The molecule has 0 saturated carbocycles. The van der Waals surface area contributed by atoms with Gasteiger partial charge in [0.05, 0.1) is 0 Å². The van der Waals surface area contributed by atoms with Crippen LogP contribution in [0.1, 0.15) is 0 Å². The van der Waals surface area contributed by atoms with Crippen molar-refractivity contribution in [1.82, 2.24) is 0 Å². The molecule has 0 saturated heterocycles. The Morgan fingerprint density at radius 2 is 1.24 bits per heavy atom. The summed E-state index contributed by atoms with van der Waals surface area (Å²) in [5, 5.41) is 21.0. The lowest BCUT2D eigenvalue weighted by molar-refractivity contribution is 0.426. The molecule has 0 spiro atoms. The third kappa shape index (κ3) is 2.96. The minimum absolute atomic E-state index is 0.491. The fourth-order valence-corrected chi connectivity index (χ4v) is 3.26. The summed E-state index contributed by atoms with van der Waals surface area (Å²) in [5.74, 6) is 0. The first kappa shape index (κ1) is 15.6. The summed E-state index contributed by atoms with van der Waals surface area (Å²) in [5.41, 5.74) is 5.03. The number of rotatable bonds is 3. The summed E-state index contributed by atoms with van der Waals surface area (Å²) in [6.07, 6.45) is 0. The molecule has 0 unspecified atom stereocenters. The van der Waals surface area contributed by atoms with Crippen LogP contribution in [0.25, 0.3) is 33.0 Å². The molecule has 0 bridgehead atoms. The summed E-state index contributed by atoms with van der Waals surface area (Å²) in [6, 6.07) is 30.4. The van der Waals surface area contributed by atoms with Crippen LogP contribution in [0.2, 0.25) is 0 Å². The van der Waals surface area contributed by atoms with Gasteiger partial charge in [0.1, 0.15) is 0 Å². The van der Waals surface area contributed by atoms with Crippen molar-refractivity contribution < 1.29 is 10.0 Å². The van der Waals surface area contributed by atoms with Crippen molar-refractivity contribution in [1.29, 1.82) is 0 Å². The highest BCUT2D eigenvalue weighted by Gasteiger charge is 2.14. The number of fused-ring (bicyclic) bond motifs is 1. The monoisotopic (exact) mass is 324 g/mol. The van der Waals surface area contributed by atoms with Crippen LogP contribution >= 0.6 is 0 Å². The Kier molecular flexibility index (Phi) is 4.10. The van der Waals surface area contributed by atoms with E-state index in [1.807, 2.05) is 36.4 Å². The van der Waals surface area contributed by atoms with E-state index >= 15 is 0 Å². The molecule has 4 aromatic carbocycles. The van der Waals surface area contributed by atoms with E-state index < -0.39 is 7.12 Å². The molecule has 0 atom stereocenters. The molecule has 4 aromatic rings. The minimum atomic E-state index is -1.45. The standard InChI is InChI=1S/C22H17BO2/c24-23(25)19-13-10-17(11-14-19)21-15-12-16-6-4-5-9-20(16)22(21)18-7-2-1-3-8-18/h1-15,24-25H. The predicted octanol–water partition coefficient (Wildman–Crippen LogP) is 3.85. The number of hydrogen-bond donors (Lipinski definition) is 2. The zero-order valence-corrected chi connectivity index (χ0v) is 13.6. The maximum atomic E-state index is 9.31. The normalized spacial score (nSPS) is 10.8. The second-order valence-electron chi connectivity index (χ2n) is 6.07. The van der Waals surface area contributed by atoms with E-state index in [1.165, 1.54) is 21.9 Å². The van der Waals surface area contributed by atoms with Gasteiger partial charge in [-0.05, 0) is 38.5 Å². The van der Waals surface area contributed by atoms with E-state index in [0.29, 0.717) is 5.46 Å². The topological polar surface area (TPSA) is 40.5 Å². The molecule has 0 aliphatic carbocycles. The second kappa shape index (κ2) is 6.56. The van der Waals surface area contributed by atoms with Crippen LogP contribution in [-0.2, 0) is 0 Å². The summed E-state index contributed by atoms with van der Waals surface area (Å²) in [7, 11) is -1.45. The molecule has 0 aliphatic heterocycles. The molecule has 120 valence electrons. The Morgan fingerprint density at radius 1 is 0.560 bits per heavy atom. The molecule has 0 aliphatic rings. The van der Waals surface area contributed by atoms with E-state index in [-0.39, 0.29) is 0 Å². The molecule has 0 aromatic heterocycles. The number of hydrogen-bond acceptors (Lipinski definition) is 2. The van der Waals surface area contributed by atoms with Gasteiger partial charge in [0.15, 0.2) is 0 Å². The fraction of sp³-hybridized carbons (Fsp3) is 0. The Balaban J connectivity index is 1.97. The van der Waals surface area contributed by atoms with Crippen LogP contribution in [-0.4, -0.2) is 17.2 Å². The lowest BCUT2D eigenvalue weighted by atomic mass is 9.79. The highest BCUT2D eigenvalue weighted by molar-refractivity contribution is 6.58. The summed E-state index contributed by atoms with van der Waals surface area (Å²) >= 11 is 0.